The van der Waals surface area contributed by atoms with Gasteiger partial charge in [-0.3, -0.25) is 4.79 Å². The van der Waals surface area contributed by atoms with E-state index >= 15 is 0 Å². The first-order valence-electron chi connectivity index (χ1n) is 8.55. The van der Waals surface area contributed by atoms with E-state index in [-0.39, 0.29) is 5.91 Å². The first-order valence-corrected chi connectivity index (χ1v) is 10.4. The minimum Gasteiger partial charge on any atom is -0.325 e. The summed E-state index contributed by atoms with van der Waals surface area (Å²) in [6.45, 7) is 7.00. The zero-order valence-corrected chi connectivity index (χ0v) is 16.8. The molecule has 0 spiro atoms. The van der Waals surface area contributed by atoms with E-state index in [4.69, 9.17) is 0 Å². The Balaban J connectivity index is 1.68. The summed E-state index contributed by atoms with van der Waals surface area (Å²) in [7, 11) is 0. The molecule has 3 rings (SSSR count). The zero-order chi connectivity index (χ0) is 18.5. The minimum atomic E-state index is -0.0364. The molecular formula is C19H22N4OS2. The van der Waals surface area contributed by atoms with Crippen molar-refractivity contribution >= 4 is 34.7 Å². The van der Waals surface area contributed by atoms with E-state index < -0.39 is 0 Å². The molecule has 3 aromatic rings. The predicted octanol–water partition coefficient (Wildman–Crippen LogP) is 4.76. The van der Waals surface area contributed by atoms with Gasteiger partial charge < -0.3 is 9.88 Å². The van der Waals surface area contributed by atoms with Gasteiger partial charge in [0.05, 0.1) is 10.6 Å². The van der Waals surface area contributed by atoms with E-state index in [9.17, 15) is 4.79 Å². The Bertz CT molecular complexity index is 887. The van der Waals surface area contributed by atoms with Gasteiger partial charge in [0, 0.05) is 12.2 Å². The van der Waals surface area contributed by atoms with Gasteiger partial charge in [0.15, 0.2) is 11.0 Å². The van der Waals surface area contributed by atoms with Crippen molar-refractivity contribution in [1.82, 2.24) is 14.8 Å². The van der Waals surface area contributed by atoms with Crippen LogP contribution in [0.4, 0.5) is 5.69 Å². The number of carbonyl (C=O) groups is 1. The molecule has 5 nitrogen and oxygen atoms in total. The molecular weight excluding hydrogens is 364 g/mol. The van der Waals surface area contributed by atoms with Crippen LogP contribution in [0.3, 0.4) is 0 Å². The third-order valence-corrected chi connectivity index (χ3v) is 5.73. The highest BCUT2D eigenvalue weighted by molar-refractivity contribution is 7.99. The average molecular weight is 387 g/mol. The molecule has 0 saturated carbocycles. The van der Waals surface area contributed by atoms with Crippen LogP contribution in [0.25, 0.3) is 10.7 Å². The molecule has 1 N–H and O–H groups in total. The molecule has 26 heavy (non-hydrogen) atoms. The second-order valence-corrected chi connectivity index (χ2v) is 7.98. The van der Waals surface area contributed by atoms with Gasteiger partial charge in [-0.2, -0.15) is 0 Å². The van der Waals surface area contributed by atoms with Crippen LogP contribution in [0.15, 0.2) is 40.9 Å². The van der Waals surface area contributed by atoms with Gasteiger partial charge in [-0.15, -0.1) is 21.5 Å². The molecule has 0 atom stereocenters. The average Bonchev–Trinajstić information content (AvgIpc) is 3.26. The fraction of sp³-hybridized carbons (Fsp3) is 0.316. The first-order chi connectivity index (χ1) is 12.6. The second kappa shape index (κ2) is 8.51. The summed E-state index contributed by atoms with van der Waals surface area (Å²) in [5, 5.41) is 14.4. The van der Waals surface area contributed by atoms with E-state index in [1.165, 1.54) is 17.3 Å². The molecule has 2 aromatic heterocycles. The fourth-order valence-electron chi connectivity index (χ4n) is 2.68. The van der Waals surface area contributed by atoms with Crippen molar-refractivity contribution in [2.24, 2.45) is 0 Å². The monoisotopic (exact) mass is 386 g/mol. The van der Waals surface area contributed by atoms with Crippen molar-refractivity contribution in [1.29, 1.82) is 0 Å². The van der Waals surface area contributed by atoms with E-state index in [1.54, 1.807) is 11.3 Å². The molecule has 0 aliphatic heterocycles. The van der Waals surface area contributed by atoms with Crippen molar-refractivity contribution in [2.75, 3.05) is 11.1 Å². The molecule has 1 aromatic carbocycles. The highest BCUT2D eigenvalue weighted by atomic mass is 32.2. The molecule has 0 fully saturated rings. The zero-order valence-electron chi connectivity index (χ0n) is 15.2. The van der Waals surface area contributed by atoms with E-state index in [2.05, 4.69) is 33.1 Å². The molecule has 0 unspecified atom stereocenters. The molecule has 1 amide bonds. The Morgan fingerprint density at radius 1 is 1.27 bits per heavy atom. The number of thioether (sulfide) groups is 1. The number of aryl methyl sites for hydroxylation is 2. The smallest absolute Gasteiger partial charge is 0.234 e. The lowest BCUT2D eigenvalue weighted by Gasteiger charge is -2.10. The number of carbonyl (C=O) groups excluding carboxylic acids is 1. The quantitative estimate of drug-likeness (QED) is 0.595. The number of aromatic nitrogens is 3. The van der Waals surface area contributed by atoms with E-state index in [0.717, 1.165) is 40.1 Å². The maximum Gasteiger partial charge on any atom is 0.234 e. The third-order valence-electron chi connectivity index (χ3n) is 3.89. The van der Waals surface area contributed by atoms with Gasteiger partial charge in [-0.25, -0.2) is 0 Å². The number of hydrogen-bond acceptors (Lipinski definition) is 5. The maximum atomic E-state index is 12.3. The fourth-order valence-corrected chi connectivity index (χ4v) is 4.16. The number of amides is 1. The van der Waals surface area contributed by atoms with Crippen molar-refractivity contribution in [3.05, 3.63) is 46.8 Å². The number of benzene rings is 1. The second-order valence-electron chi connectivity index (χ2n) is 6.09. The SMILES string of the molecule is CCCn1c(SCC(=O)Nc2ccc(C)cc2C)nnc1-c1cccs1. The number of hydrogen-bond donors (Lipinski definition) is 1. The summed E-state index contributed by atoms with van der Waals surface area (Å²) in [6.07, 6.45) is 0.985. The van der Waals surface area contributed by atoms with Crippen LogP contribution in [0.1, 0.15) is 24.5 Å². The molecule has 0 aliphatic carbocycles. The van der Waals surface area contributed by atoms with Gasteiger partial charge in [-0.05, 0) is 43.3 Å². The van der Waals surface area contributed by atoms with Crippen LogP contribution < -0.4 is 5.32 Å². The number of nitrogens with one attached hydrogen (secondary N) is 1. The normalized spacial score (nSPS) is 10.9. The highest BCUT2D eigenvalue weighted by Crippen LogP contribution is 2.27. The van der Waals surface area contributed by atoms with Crippen LogP contribution in [-0.4, -0.2) is 26.4 Å². The van der Waals surface area contributed by atoms with Gasteiger partial charge in [-0.1, -0.05) is 42.4 Å². The number of nitrogens with zero attached hydrogens (tertiary/aromatic N) is 3. The number of rotatable bonds is 7. The van der Waals surface area contributed by atoms with E-state index in [0.29, 0.717) is 5.75 Å². The van der Waals surface area contributed by atoms with Crippen molar-refractivity contribution in [3.63, 3.8) is 0 Å². The van der Waals surface area contributed by atoms with Crippen LogP contribution >= 0.6 is 23.1 Å². The summed E-state index contributed by atoms with van der Waals surface area (Å²) in [6, 6.07) is 10.1. The number of anilines is 1. The Morgan fingerprint density at radius 2 is 2.12 bits per heavy atom. The lowest BCUT2D eigenvalue weighted by atomic mass is 10.1. The molecule has 0 aliphatic rings. The van der Waals surface area contributed by atoms with Crippen molar-refractivity contribution in [2.45, 2.75) is 38.9 Å². The topological polar surface area (TPSA) is 59.8 Å². The highest BCUT2D eigenvalue weighted by Gasteiger charge is 2.16. The summed E-state index contributed by atoms with van der Waals surface area (Å²) in [4.78, 5) is 13.4. The Kier molecular flexibility index (Phi) is 6.11. The van der Waals surface area contributed by atoms with Gasteiger partial charge in [0.25, 0.3) is 0 Å². The molecule has 7 heteroatoms. The van der Waals surface area contributed by atoms with Crippen LogP contribution in [-0.2, 0) is 11.3 Å². The largest absolute Gasteiger partial charge is 0.325 e. The Morgan fingerprint density at radius 3 is 2.81 bits per heavy atom. The lowest BCUT2D eigenvalue weighted by Crippen LogP contribution is -2.15. The maximum absolute atomic E-state index is 12.3. The van der Waals surface area contributed by atoms with Crippen molar-refractivity contribution < 1.29 is 4.79 Å². The molecule has 0 saturated heterocycles. The molecule has 136 valence electrons. The lowest BCUT2D eigenvalue weighted by molar-refractivity contribution is -0.113. The van der Waals surface area contributed by atoms with Crippen LogP contribution in [0.5, 0.6) is 0 Å². The summed E-state index contributed by atoms with van der Waals surface area (Å²) >= 11 is 3.07. The first kappa shape index (κ1) is 18.7. The van der Waals surface area contributed by atoms with Gasteiger partial charge in [0.1, 0.15) is 0 Å². The predicted molar refractivity (Wildman–Crippen MR) is 109 cm³/mol. The number of thiophene rings is 1. The van der Waals surface area contributed by atoms with Gasteiger partial charge >= 0.3 is 0 Å². The van der Waals surface area contributed by atoms with Crippen LogP contribution in [0.2, 0.25) is 0 Å². The Hall–Kier alpha value is -2.12. The van der Waals surface area contributed by atoms with Crippen LogP contribution in [0, 0.1) is 13.8 Å². The van der Waals surface area contributed by atoms with E-state index in [1.807, 2.05) is 43.5 Å². The summed E-state index contributed by atoms with van der Waals surface area (Å²) < 4.78 is 2.10. The minimum absolute atomic E-state index is 0.0364. The Labute approximate surface area is 161 Å². The van der Waals surface area contributed by atoms with Crippen molar-refractivity contribution in [3.8, 4) is 10.7 Å². The third kappa shape index (κ3) is 4.34. The molecule has 0 radical (unpaired) electrons. The summed E-state index contributed by atoms with van der Waals surface area (Å²) in [5.41, 5.74) is 3.11. The standard InChI is InChI=1S/C19H22N4OS2/c1-4-9-23-18(16-6-5-10-25-16)21-22-19(23)26-12-17(24)20-15-8-7-13(2)11-14(15)3/h5-8,10-11H,4,9,12H2,1-3H3,(H,20,24). The molecule has 2 heterocycles. The molecule has 0 bridgehead atoms. The summed E-state index contributed by atoms with van der Waals surface area (Å²) in [5.74, 6) is 1.14. The van der Waals surface area contributed by atoms with Gasteiger partial charge in [0.2, 0.25) is 5.91 Å².